The molecule has 0 aliphatic carbocycles. The molecule has 26 heavy (non-hydrogen) atoms. The fraction of sp³-hybridized carbons (Fsp3) is 0.471. The zero-order valence-electron chi connectivity index (χ0n) is 15.1. The predicted molar refractivity (Wildman–Crippen MR) is 110 cm³/mol. The molecule has 2 aromatic heterocycles. The highest BCUT2D eigenvalue weighted by molar-refractivity contribution is 7.99. The van der Waals surface area contributed by atoms with Crippen LogP contribution in [-0.4, -0.2) is 50.1 Å². The van der Waals surface area contributed by atoms with Gasteiger partial charge in [0.15, 0.2) is 5.96 Å². The smallest absolute Gasteiger partial charge is 0.188 e. The molecule has 2 heterocycles. The number of aromatic nitrogens is 3. The summed E-state index contributed by atoms with van der Waals surface area (Å²) >= 11 is 3.50. The number of nitrogens with zero attached hydrogens (tertiary/aromatic N) is 2. The van der Waals surface area contributed by atoms with Gasteiger partial charge in [0.05, 0.1) is 17.7 Å². The van der Waals surface area contributed by atoms with Crippen molar-refractivity contribution in [2.75, 3.05) is 18.8 Å². The van der Waals surface area contributed by atoms with Gasteiger partial charge in [-0.05, 0) is 19.1 Å². The molecule has 0 aromatic carbocycles. The second kappa shape index (κ2) is 11.0. The maximum Gasteiger partial charge on any atom is 0.188 e. The summed E-state index contributed by atoms with van der Waals surface area (Å²) < 4.78 is 0. The van der Waals surface area contributed by atoms with Gasteiger partial charge in [-0.2, -0.15) is 23.5 Å². The lowest BCUT2D eigenvalue weighted by molar-refractivity contribution is 0.467. The molecule has 2 rings (SSSR count). The molecule has 9 heteroatoms. The van der Waals surface area contributed by atoms with E-state index >= 15 is 0 Å². The number of aromatic amines is 1. The fourth-order valence-corrected chi connectivity index (χ4v) is 3.84. The molecule has 5 N–H and O–H groups in total. The Morgan fingerprint density at radius 2 is 2.19 bits per heavy atom. The van der Waals surface area contributed by atoms with E-state index in [0.29, 0.717) is 29.2 Å². The Bertz CT molecular complexity index is 693. The van der Waals surface area contributed by atoms with Crippen molar-refractivity contribution >= 4 is 29.5 Å². The molecule has 0 fully saturated rings. The number of thioether (sulfide) groups is 2. The Morgan fingerprint density at radius 1 is 1.35 bits per heavy atom. The van der Waals surface area contributed by atoms with Gasteiger partial charge in [0.2, 0.25) is 0 Å². The molecule has 0 radical (unpaired) electrons. The van der Waals surface area contributed by atoms with Gasteiger partial charge < -0.3 is 20.7 Å². The highest BCUT2D eigenvalue weighted by Gasteiger charge is 2.07. The first kappa shape index (κ1) is 20.4. The lowest BCUT2D eigenvalue weighted by Crippen LogP contribution is -2.40. The number of H-pyrrole nitrogens is 1. The van der Waals surface area contributed by atoms with E-state index in [9.17, 15) is 5.11 Å². The normalized spacial score (nSPS) is 11.9. The van der Waals surface area contributed by atoms with Crippen LogP contribution in [0.2, 0.25) is 0 Å². The van der Waals surface area contributed by atoms with Crippen LogP contribution in [0.25, 0.3) is 0 Å². The van der Waals surface area contributed by atoms with Crippen LogP contribution >= 0.6 is 23.5 Å². The number of imidazole rings is 1. The van der Waals surface area contributed by atoms with Crippen molar-refractivity contribution in [2.45, 2.75) is 30.6 Å². The number of aryl methyl sites for hydroxylation is 1. The Kier molecular flexibility index (Phi) is 8.63. The average Bonchev–Trinajstić information content (AvgIpc) is 3.04. The van der Waals surface area contributed by atoms with E-state index in [1.807, 2.05) is 6.92 Å². The quantitative estimate of drug-likeness (QED) is 0.239. The van der Waals surface area contributed by atoms with Crippen molar-refractivity contribution in [1.82, 2.24) is 25.6 Å². The Labute approximate surface area is 162 Å². The molecule has 0 amide bonds. The third kappa shape index (κ3) is 7.17. The third-order valence-electron chi connectivity index (χ3n) is 3.67. The number of aromatic hydroxyl groups is 1. The van der Waals surface area contributed by atoms with E-state index < -0.39 is 0 Å². The summed E-state index contributed by atoms with van der Waals surface area (Å²) in [7, 11) is 0. The molecular weight excluding hydrogens is 368 g/mol. The van der Waals surface area contributed by atoms with Gasteiger partial charge in [0.25, 0.3) is 0 Å². The van der Waals surface area contributed by atoms with Crippen LogP contribution in [-0.2, 0) is 11.5 Å². The number of hydrogen-bond acceptors (Lipinski definition) is 6. The maximum absolute atomic E-state index is 9.71. The molecule has 0 aliphatic heterocycles. The monoisotopic (exact) mass is 394 g/mol. The zero-order chi connectivity index (χ0) is 18.8. The molecular formula is C17H26N6OS2. The van der Waals surface area contributed by atoms with Crippen LogP contribution in [0.5, 0.6) is 5.75 Å². The maximum atomic E-state index is 9.71. The van der Waals surface area contributed by atoms with Gasteiger partial charge in [0, 0.05) is 47.5 Å². The summed E-state index contributed by atoms with van der Waals surface area (Å²) in [5.41, 5.74) is 2.90. The number of pyridine rings is 1. The standard InChI is InChI=1S/C17H26N6OS2/c1-12(26-10-15-16(24)4-3-5-19-15)8-21-17(18)20-6-7-25-9-14-13(2)22-11-23-14/h3-5,11-12,24H,6-10H2,1-2H3,(H,22,23)(H3,18,20,21). The molecule has 1 unspecified atom stereocenters. The molecule has 0 saturated heterocycles. The van der Waals surface area contributed by atoms with Crippen LogP contribution in [0.3, 0.4) is 0 Å². The minimum Gasteiger partial charge on any atom is -0.506 e. The molecule has 0 saturated carbocycles. The largest absolute Gasteiger partial charge is 0.506 e. The van der Waals surface area contributed by atoms with Crippen LogP contribution in [0.4, 0.5) is 0 Å². The SMILES string of the molecule is Cc1nc[nH]c1CSCCNC(=N)NCC(C)SCc1ncccc1O. The summed E-state index contributed by atoms with van der Waals surface area (Å²) in [6.07, 6.45) is 3.40. The van der Waals surface area contributed by atoms with Crippen molar-refractivity contribution in [3.05, 3.63) is 41.7 Å². The lowest BCUT2D eigenvalue weighted by atomic mass is 10.3. The zero-order valence-corrected chi connectivity index (χ0v) is 16.7. The first-order valence-electron chi connectivity index (χ1n) is 8.43. The third-order valence-corrected chi connectivity index (χ3v) is 5.83. The van der Waals surface area contributed by atoms with Crippen molar-refractivity contribution in [3.8, 4) is 5.75 Å². The van der Waals surface area contributed by atoms with Gasteiger partial charge in [-0.3, -0.25) is 10.4 Å². The van der Waals surface area contributed by atoms with Gasteiger partial charge >= 0.3 is 0 Å². The minimum atomic E-state index is 0.234. The van der Waals surface area contributed by atoms with Crippen molar-refractivity contribution in [1.29, 1.82) is 5.41 Å². The number of guanidine groups is 1. The fourth-order valence-electron chi connectivity index (χ4n) is 2.09. The van der Waals surface area contributed by atoms with E-state index in [1.165, 1.54) is 0 Å². The summed E-state index contributed by atoms with van der Waals surface area (Å²) in [6, 6.07) is 3.37. The number of rotatable bonds is 10. The average molecular weight is 395 g/mol. The summed E-state index contributed by atoms with van der Waals surface area (Å²) in [5, 5.41) is 24.1. The summed E-state index contributed by atoms with van der Waals surface area (Å²) in [5.74, 6) is 3.06. The van der Waals surface area contributed by atoms with Crippen LogP contribution in [0, 0.1) is 12.3 Å². The molecule has 2 aromatic rings. The van der Waals surface area contributed by atoms with Gasteiger partial charge in [-0.1, -0.05) is 6.92 Å². The second-order valence-corrected chi connectivity index (χ2v) is 8.32. The van der Waals surface area contributed by atoms with Crippen LogP contribution < -0.4 is 10.6 Å². The summed E-state index contributed by atoms with van der Waals surface area (Å²) in [4.78, 5) is 11.5. The van der Waals surface area contributed by atoms with E-state index in [0.717, 1.165) is 29.4 Å². The van der Waals surface area contributed by atoms with Crippen LogP contribution in [0.15, 0.2) is 24.7 Å². The molecule has 142 valence electrons. The predicted octanol–water partition coefficient (Wildman–Crippen LogP) is 2.49. The van der Waals surface area contributed by atoms with E-state index in [1.54, 1.807) is 48.2 Å². The number of hydrogen-bond donors (Lipinski definition) is 5. The molecule has 0 bridgehead atoms. The van der Waals surface area contributed by atoms with Crippen molar-refractivity contribution < 1.29 is 5.11 Å². The second-order valence-electron chi connectivity index (χ2n) is 5.79. The van der Waals surface area contributed by atoms with Crippen LogP contribution in [0.1, 0.15) is 24.0 Å². The van der Waals surface area contributed by atoms with Crippen molar-refractivity contribution in [3.63, 3.8) is 0 Å². The molecule has 1 atom stereocenters. The van der Waals surface area contributed by atoms with E-state index in [4.69, 9.17) is 5.41 Å². The summed E-state index contributed by atoms with van der Waals surface area (Å²) in [6.45, 7) is 5.52. The Morgan fingerprint density at radius 3 is 2.92 bits per heavy atom. The van der Waals surface area contributed by atoms with Gasteiger partial charge in [-0.15, -0.1) is 0 Å². The topological polar surface area (TPSA) is 110 Å². The lowest BCUT2D eigenvalue weighted by Gasteiger charge is -2.15. The highest BCUT2D eigenvalue weighted by Crippen LogP contribution is 2.21. The van der Waals surface area contributed by atoms with Gasteiger partial charge in [-0.25, -0.2) is 4.98 Å². The molecule has 7 nitrogen and oxygen atoms in total. The minimum absolute atomic E-state index is 0.234. The highest BCUT2D eigenvalue weighted by atomic mass is 32.2. The Hall–Kier alpha value is -1.87. The number of nitrogens with one attached hydrogen (secondary N) is 4. The van der Waals surface area contributed by atoms with Crippen molar-refractivity contribution in [2.24, 2.45) is 0 Å². The van der Waals surface area contributed by atoms with E-state index in [-0.39, 0.29) is 5.75 Å². The van der Waals surface area contributed by atoms with E-state index in [2.05, 4.69) is 32.5 Å². The first-order valence-corrected chi connectivity index (χ1v) is 10.6. The first-order chi connectivity index (χ1) is 12.6. The molecule has 0 spiro atoms. The Balaban J connectivity index is 1.52. The molecule has 0 aliphatic rings. The van der Waals surface area contributed by atoms with Gasteiger partial charge in [0.1, 0.15) is 5.75 Å².